The van der Waals surface area contributed by atoms with Gasteiger partial charge in [-0.1, -0.05) is 75.8 Å². The Kier molecular flexibility index (Phi) is 11.0. The van der Waals surface area contributed by atoms with Gasteiger partial charge in [0.1, 0.15) is 0 Å². The third kappa shape index (κ3) is 10.5. The topological polar surface area (TPSA) is 70.6 Å². The molecule has 2 N–H and O–H groups in total. The van der Waals surface area contributed by atoms with Crippen LogP contribution in [0.1, 0.15) is 63.9 Å². The molecule has 0 radical (unpaired) electrons. The number of unbranched alkanes of at least 4 members (excludes halogenated alkanes) is 6. The molecular formula is C19H29N3O2. The number of nitrogens with one attached hydrogen (secondary N) is 2. The van der Waals surface area contributed by atoms with Crippen molar-refractivity contribution in [2.45, 2.75) is 58.3 Å². The summed E-state index contributed by atoms with van der Waals surface area (Å²) in [7, 11) is 0. The van der Waals surface area contributed by atoms with E-state index in [1.165, 1.54) is 32.1 Å². The first-order chi connectivity index (χ1) is 11.7. The van der Waals surface area contributed by atoms with Gasteiger partial charge in [0.05, 0.1) is 12.8 Å². The monoisotopic (exact) mass is 331 g/mol. The van der Waals surface area contributed by atoms with E-state index in [1.807, 2.05) is 30.3 Å². The summed E-state index contributed by atoms with van der Waals surface area (Å²) in [4.78, 5) is 23.2. The molecule has 0 unspecified atom stereocenters. The van der Waals surface area contributed by atoms with Gasteiger partial charge < -0.3 is 5.32 Å². The maximum absolute atomic E-state index is 11.6. The minimum atomic E-state index is -0.324. The molecule has 0 fully saturated rings. The molecular weight excluding hydrogens is 302 g/mol. The van der Waals surface area contributed by atoms with Crippen LogP contribution in [-0.4, -0.2) is 24.6 Å². The largest absolute Gasteiger partial charge is 0.347 e. The molecule has 2 amide bonds. The summed E-state index contributed by atoms with van der Waals surface area (Å²) in [6.45, 7) is 2.16. The lowest BCUT2D eigenvalue weighted by atomic mass is 10.1. The van der Waals surface area contributed by atoms with Crippen molar-refractivity contribution in [1.82, 2.24) is 10.7 Å². The molecule has 0 aliphatic heterocycles. The lowest BCUT2D eigenvalue weighted by Crippen LogP contribution is -2.34. The number of rotatable bonds is 12. The highest BCUT2D eigenvalue weighted by atomic mass is 16.2. The van der Waals surface area contributed by atoms with Crippen molar-refractivity contribution in [1.29, 1.82) is 0 Å². The molecule has 5 heteroatoms. The van der Waals surface area contributed by atoms with E-state index < -0.39 is 0 Å². The van der Waals surface area contributed by atoms with E-state index in [0.717, 1.165) is 18.4 Å². The number of carbonyl (C=O) groups is 2. The van der Waals surface area contributed by atoms with Crippen molar-refractivity contribution in [3.05, 3.63) is 35.9 Å². The van der Waals surface area contributed by atoms with Crippen LogP contribution in [0.4, 0.5) is 0 Å². The van der Waals surface area contributed by atoms with Crippen LogP contribution in [0, 0.1) is 0 Å². The summed E-state index contributed by atoms with van der Waals surface area (Å²) in [6.07, 6.45) is 10.3. The Morgan fingerprint density at radius 3 is 2.33 bits per heavy atom. The second kappa shape index (κ2) is 13.3. The highest BCUT2D eigenvalue weighted by molar-refractivity contribution is 5.86. The molecule has 0 atom stereocenters. The highest BCUT2D eigenvalue weighted by Crippen LogP contribution is 2.08. The van der Waals surface area contributed by atoms with Gasteiger partial charge in [0.2, 0.25) is 5.91 Å². The fourth-order valence-electron chi connectivity index (χ4n) is 2.27. The molecule has 132 valence electrons. The van der Waals surface area contributed by atoms with E-state index in [4.69, 9.17) is 0 Å². The smallest absolute Gasteiger partial charge is 0.259 e. The van der Waals surface area contributed by atoms with E-state index in [1.54, 1.807) is 6.21 Å². The molecule has 0 aliphatic rings. The van der Waals surface area contributed by atoms with E-state index in [9.17, 15) is 9.59 Å². The molecule has 24 heavy (non-hydrogen) atoms. The van der Waals surface area contributed by atoms with Gasteiger partial charge in [-0.2, -0.15) is 5.10 Å². The molecule has 0 aliphatic carbocycles. The Balaban J connectivity index is 2.03. The number of hydrogen-bond acceptors (Lipinski definition) is 3. The summed E-state index contributed by atoms with van der Waals surface area (Å²) in [5.74, 6) is -0.402. The normalized spacial score (nSPS) is 10.7. The molecule has 0 aromatic heterocycles. The Morgan fingerprint density at radius 2 is 1.62 bits per heavy atom. The van der Waals surface area contributed by atoms with Crippen molar-refractivity contribution in [3.63, 3.8) is 0 Å². The van der Waals surface area contributed by atoms with Crippen LogP contribution in [0.2, 0.25) is 0 Å². The first-order valence-corrected chi connectivity index (χ1v) is 8.86. The Hall–Kier alpha value is -2.17. The van der Waals surface area contributed by atoms with Gasteiger partial charge in [0.15, 0.2) is 0 Å². The van der Waals surface area contributed by atoms with Crippen LogP contribution in [0.15, 0.2) is 35.4 Å². The average Bonchev–Trinajstić information content (AvgIpc) is 2.60. The number of nitrogens with zero attached hydrogens (tertiary/aromatic N) is 1. The second-order valence-corrected chi connectivity index (χ2v) is 5.85. The Bertz CT molecular complexity index is 501. The van der Waals surface area contributed by atoms with Gasteiger partial charge >= 0.3 is 0 Å². The third-order valence-electron chi connectivity index (χ3n) is 3.66. The van der Waals surface area contributed by atoms with Gasteiger partial charge in [0.25, 0.3) is 5.91 Å². The lowest BCUT2D eigenvalue weighted by Gasteiger charge is -2.04. The molecule has 0 heterocycles. The molecule has 5 nitrogen and oxygen atoms in total. The quantitative estimate of drug-likeness (QED) is 0.350. The Labute approximate surface area is 144 Å². The van der Waals surface area contributed by atoms with Crippen molar-refractivity contribution in [2.24, 2.45) is 5.10 Å². The van der Waals surface area contributed by atoms with Crippen molar-refractivity contribution < 1.29 is 9.59 Å². The zero-order chi connectivity index (χ0) is 17.5. The van der Waals surface area contributed by atoms with Gasteiger partial charge in [-0.3, -0.25) is 9.59 Å². The van der Waals surface area contributed by atoms with Crippen LogP contribution < -0.4 is 10.7 Å². The number of benzene rings is 1. The SMILES string of the molecule is CCCCCCCCCC(=O)NCC(=O)N/N=C/c1ccccc1. The predicted octanol–water partition coefficient (Wildman–Crippen LogP) is 3.39. The van der Waals surface area contributed by atoms with E-state index in [0.29, 0.717) is 6.42 Å². The number of hydrazone groups is 1. The maximum Gasteiger partial charge on any atom is 0.259 e. The van der Waals surface area contributed by atoms with Gasteiger partial charge in [0, 0.05) is 6.42 Å². The van der Waals surface area contributed by atoms with Crippen molar-refractivity contribution in [3.8, 4) is 0 Å². The predicted molar refractivity (Wildman–Crippen MR) is 97.8 cm³/mol. The zero-order valence-electron chi connectivity index (χ0n) is 14.6. The first-order valence-electron chi connectivity index (χ1n) is 8.86. The molecule has 1 aromatic rings. The van der Waals surface area contributed by atoms with E-state index in [-0.39, 0.29) is 18.4 Å². The van der Waals surface area contributed by atoms with Crippen LogP contribution in [-0.2, 0) is 9.59 Å². The number of amides is 2. The average molecular weight is 331 g/mol. The van der Waals surface area contributed by atoms with Gasteiger partial charge in [-0.05, 0) is 12.0 Å². The van der Waals surface area contributed by atoms with Crippen LogP contribution >= 0.6 is 0 Å². The van der Waals surface area contributed by atoms with Gasteiger partial charge in [-0.25, -0.2) is 5.43 Å². The second-order valence-electron chi connectivity index (χ2n) is 5.85. The van der Waals surface area contributed by atoms with Crippen LogP contribution in [0.3, 0.4) is 0 Å². The molecule has 1 aromatic carbocycles. The maximum atomic E-state index is 11.6. The standard InChI is InChI=1S/C19H29N3O2/c1-2-3-4-5-6-7-11-14-18(23)20-16-19(24)22-21-15-17-12-9-8-10-13-17/h8-10,12-13,15H,2-7,11,14,16H2,1H3,(H,20,23)(H,22,24)/b21-15+. The zero-order valence-corrected chi connectivity index (χ0v) is 14.6. The molecule has 1 rings (SSSR count). The Morgan fingerprint density at radius 1 is 0.958 bits per heavy atom. The third-order valence-corrected chi connectivity index (χ3v) is 3.66. The van der Waals surface area contributed by atoms with E-state index in [2.05, 4.69) is 22.8 Å². The summed E-state index contributed by atoms with van der Waals surface area (Å²) >= 11 is 0. The van der Waals surface area contributed by atoms with Crippen molar-refractivity contribution in [2.75, 3.05) is 6.54 Å². The summed E-state index contributed by atoms with van der Waals surface area (Å²) < 4.78 is 0. The molecule has 0 saturated carbocycles. The van der Waals surface area contributed by atoms with Crippen LogP contribution in [0.25, 0.3) is 0 Å². The van der Waals surface area contributed by atoms with E-state index >= 15 is 0 Å². The van der Waals surface area contributed by atoms with Gasteiger partial charge in [-0.15, -0.1) is 0 Å². The highest BCUT2D eigenvalue weighted by Gasteiger charge is 2.04. The van der Waals surface area contributed by atoms with Crippen molar-refractivity contribution >= 4 is 18.0 Å². The molecule has 0 saturated heterocycles. The minimum Gasteiger partial charge on any atom is -0.347 e. The first kappa shape index (κ1) is 19.9. The fraction of sp³-hybridized carbons (Fsp3) is 0.526. The summed E-state index contributed by atoms with van der Waals surface area (Å²) in [6, 6.07) is 9.48. The fourth-order valence-corrected chi connectivity index (χ4v) is 2.27. The molecule has 0 spiro atoms. The molecule has 0 bridgehead atoms. The lowest BCUT2D eigenvalue weighted by molar-refractivity contribution is -0.126. The summed E-state index contributed by atoms with van der Waals surface area (Å²) in [5.41, 5.74) is 3.30. The minimum absolute atomic E-state index is 0.0402. The number of carbonyl (C=O) groups excluding carboxylic acids is 2. The van der Waals surface area contributed by atoms with Crippen LogP contribution in [0.5, 0.6) is 0 Å². The number of hydrogen-bond donors (Lipinski definition) is 2. The summed E-state index contributed by atoms with van der Waals surface area (Å²) in [5, 5.41) is 6.47.